The molecule has 0 aromatic heterocycles. The summed E-state index contributed by atoms with van der Waals surface area (Å²) in [6.07, 6.45) is 4.70. The van der Waals surface area contributed by atoms with Crippen molar-refractivity contribution in [1.82, 2.24) is 0 Å². The van der Waals surface area contributed by atoms with Crippen molar-refractivity contribution in [2.45, 2.75) is 108 Å². The number of hydrogen-bond acceptors (Lipinski definition) is 0. The second kappa shape index (κ2) is 14.9. The van der Waals surface area contributed by atoms with Gasteiger partial charge in [0.2, 0.25) is 0 Å². The summed E-state index contributed by atoms with van der Waals surface area (Å²) in [5, 5.41) is 0. The Morgan fingerprint density at radius 2 is 0.615 bits per heavy atom. The van der Waals surface area contributed by atoms with Crippen LogP contribution in [0.15, 0.2) is 182 Å². The zero-order valence-corrected chi connectivity index (χ0v) is 39.6. The molecule has 11 rings (SSSR count). The van der Waals surface area contributed by atoms with E-state index in [1.807, 2.05) is 0 Å². The Balaban J connectivity index is 1.16. The summed E-state index contributed by atoms with van der Waals surface area (Å²) < 4.78 is 0. The van der Waals surface area contributed by atoms with Crippen molar-refractivity contribution in [2.75, 3.05) is 0 Å². The third-order valence-electron chi connectivity index (χ3n) is 16.2. The van der Waals surface area contributed by atoms with Gasteiger partial charge in [-0.05, 0) is 172 Å². The summed E-state index contributed by atoms with van der Waals surface area (Å²) in [7, 11) is 0. The second-order valence-corrected chi connectivity index (χ2v) is 22.2. The van der Waals surface area contributed by atoms with Crippen molar-refractivity contribution >= 4 is 0 Å². The normalized spacial score (nSPS) is 17.9. The molecule has 0 atom stereocenters. The highest BCUT2D eigenvalue weighted by molar-refractivity contribution is 5.88. The molecule has 65 heavy (non-hydrogen) atoms. The summed E-state index contributed by atoms with van der Waals surface area (Å²) in [6.45, 7) is 19.6. The molecule has 3 aliphatic carbocycles. The Bertz CT molecular complexity index is 2920. The Labute approximate surface area is 388 Å². The highest BCUT2D eigenvalue weighted by atomic mass is 14.5. The van der Waals surface area contributed by atoms with Gasteiger partial charge in [-0.1, -0.05) is 213 Å². The van der Waals surface area contributed by atoms with Crippen molar-refractivity contribution in [3.8, 4) is 55.6 Å². The van der Waals surface area contributed by atoms with Gasteiger partial charge in [0.1, 0.15) is 0 Å². The van der Waals surface area contributed by atoms with Crippen LogP contribution in [0.1, 0.15) is 126 Å². The van der Waals surface area contributed by atoms with E-state index in [1.165, 1.54) is 126 Å². The van der Waals surface area contributed by atoms with Crippen molar-refractivity contribution in [1.29, 1.82) is 0 Å². The quantitative estimate of drug-likeness (QED) is 0.156. The van der Waals surface area contributed by atoms with E-state index in [0.29, 0.717) is 0 Å². The second-order valence-electron chi connectivity index (χ2n) is 22.2. The van der Waals surface area contributed by atoms with E-state index in [0.717, 1.165) is 0 Å². The van der Waals surface area contributed by atoms with Crippen molar-refractivity contribution in [3.63, 3.8) is 0 Å². The first-order valence-corrected chi connectivity index (χ1v) is 24.1. The van der Waals surface area contributed by atoms with E-state index in [1.54, 1.807) is 0 Å². The van der Waals surface area contributed by atoms with Gasteiger partial charge in [-0.15, -0.1) is 0 Å². The lowest BCUT2D eigenvalue weighted by molar-refractivity contribution is 0.333. The molecule has 0 heterocycles. The van der Waals surface area contributed by atoms with Gasteiger partial charge < -0.3 is 0 Å². The fraction of sp³-hybridized carbons (Fsp3) is 0.262. The molecule has 0 aliphatic heterocycles. The minimum atomic E-state index is -0.547. The predicted molar refractivity (Wildman–Crippen MR) is 276 cm³/mol. The molecule has 8 aromatic carbocycles. The van der Waals surface area contributed by atoms with Gasteiger partial charge in [0, 0.05) is 0 Å². The van der Waals surface area contributed by atoms with Crippen LogP contribution in [0.2, 0.25) is 0 Å². The third kappa shape index (κ3) is 6.54. The van der Waals surface area contributed by atoms with Crippen LogP contribution in [0.4, 0.5) is 0 Å². The SMILES string of the molecule is CC1(C)CCC(C)(C)c2c(-c3ccccc3)cc(-c3cccc(C4(c5cccc(-c6cc(-c7ccccc7)c7c(c6)C(C)(C)CCC7(C)C)c5)c5ccccc5-c5ccccc54)c3)cc21. The molecule has 0 heteroatoms. The maximum Gasteiger partial charge on any atom is 0.0713 e. The summed E-state index contributed by atoms with van der Waals surface area (Å²) in [4.78, 5) is 0. The lowest BCUT2D eigenvalue weighted by Gasteiger charge is -2.43. The van der Waals surface area contributed by atoms with Crippen LogP contribution < -0.4 is 0 Å². The summed E-state index contributed by atoms with van der Waals surface area (Å²) in [5.74, 6) is 0. The van der Waals surface area contributed by atoms with E-state index in [4.69, 9.17) is 0 Å². The topological polar surface area (TPSA) is 0 Å². The predicted octanol–water partition coefficient (Wildman–Crippen LogP) is 17.4. The minimum Gasteiger partial charge on any atom is -0.0622 e. The molecule has 8 aromatic rings. The molecular formula is C65H62. The third-order valence-corrected chi connectivity index (χ3v) is 16.2. The summed E-state index contributed by atoms with van der Waals surface area (Å²) in [6, 6.07) is 69.9. The van der Waals surface area contributed by atoms with Crippen LogP contribution in [-0.2, 0) is 27.1 Å². The molecule has 0 unspecified atom stereocenters. The zero-order chi connectivity index (χ0) is 44.9. The van der Waals surface area contributed by atoms with Gasteiger partial charge in [-0.3, -0.25) is 0 Å². The average molecular weight is 843 g/mol. The van der Waals surface area contributed by atoms with Crippen molar-refractivity contribution in [3.05, 3.63) is 226 Å². The van der Waals surface area contributed by atoms with Gasteiger partial charge >= 0.3 is 0 Å². The fourth-order valence-electron chi connectivity index (χ4n) is 12.5. The lowest BCUT2D eigenvalue weighted by Crippen LogP contribution is -2.34. The van der Waals surface area contributed by atoms with Crippen LogP contribution in [0.5, 0.6) is 0 Å². The molecule has 0 radical (unpaired) electrons. The maximum atomic E-state index is 2.55. The number of fused-ring (bicyclic) bond motifs is 5. The van der Waals surface area contributed by atoms with Gasteiger partial charge in [0.25, 0.3) is 0 Å². The molecule has 0 saturated heterocycles. The Morgan fingerprint density at radius 1 is 0.262 bits per heavy atom. The number of hydrogen-bond donors (Lipinski definition) is 0. The van der Waals surface area contributed by atoms with Crippen LogP contribution in [0.25, 0.3) is 55.6 Å². The van der Waals surface area contributed by atoms with E-state index < -0.39 is 5.41 Å². The van der Waals surface area contributed by atoms with Crippen molar-refractivity contribution < 1.29 is 0 Å². The molecule has 0 fully saturated rings. The summed E-state index contributed by atoms with van der Waals surface area (Å²) in [5.41, 5.74) is 24.0. The average Bonchev–Trinajstić information content (AvgIpc) is 3.63. The molecule has 0 saturated carbocycles. The molecular weight excluding hydrogens is 781 g/mol. The van der Waals surface area contributed by atoms with Crippen LogP contribution >= 0.6 is 0 Å². The van der Waals surface area contributed by atoms with Gasteiger partial charge in [0.15, 0.2) is 0 Å². The zero-order valence-electron chi connectivity index (χ0n) is 39.6. The van der Waals surface area contributed by atoms with Crippen molar-refractivity contribution in [2.24, 2.45) is 0 Å². The van der Waals surface area contributed by atoms with Gasteiger partial charge in [0.05, 0.1) is 5.41 Å². The van der Waals surface area contributed by atoms with E-state index in [-0.39, 0.29) is 21.7 Å². The minimum absolute atomic E-state index is 0.0645. The molecule has 0 bridgehead atoms. The summed E-state index contributed by atoms with van der Waals surface area (Å²) >= 11 is 0. The van der Waals surface area contributed by atoms with Gasteiger partial charge in [-0.2, -0.15) is 0 Å². The first-order chi connectivity index (χ1) is 31.2. The molecule has 0 amide bonds. The maximum absolute atomic E-state index is 2.55. The molecule has 0 nitrogen and oxygen atoms in total. The first-order valence-electron chi connectivity index (χ1n) is 24.1. The highest BCUT2D eigenvalue weighted by Crippen LogP contribution is 2.58. The Morgan fingerprint density at radius 3 is 1.03 bits per heavy atom. The van der Waals surface area contributed by atoms with Crippen LogP contribution in [0.3, 0.4) is 0 Å². The number of rotatable bonds is 6. The van der Waals surface area contributed by atoms with E-state index >= 15 is 0 Å². The Hall–Kier alpha value is -6.24. The van der Waals surface area contributed by atoms with E-state index in [9.17, 15) is 0 Å². The highest BCUT2D eigenvalue weighted by Gasteiger charge is 2.47. The Kier molecular flexibility index (Phi) is 9.50. The lowest BCUT2D eigenvalue weighted by atomic mass is 9.61. The number of benzene rings is 8. The standard InChI is InChI=1S/C65H62/c1-61(2)33-35-63(5,6)59-53(43-21-11-9-12-22-43)39-47(41-57(59)61)45-25-19-27-49(37-45)65(55-31-17-15-29-51(55)52-30-16-18-32-56(52)65)50-28-20-26-46(38-50)48-40-54(44-23-13-10-14-24-44)60-58(42-48)62(3,4)34-36-64(60,7)8/h9-32,37-42H,33-36H2,1-8H3. The molecule has 0 spiro atoms. The van der Waals surface area contributed by atoms with Gasteiger partial charge in [-0.25, -0.2) is 0 Å². The molecule has 0 N–H and O–H groups in total. The smallest absolute Gasteiger partial charge is 0.0622 e. The fourth-order valence-corrected chi connectivity index (χ4v) is 12.5. The first kappa shape index (κ1) is 41.5. The van der Waals surface area contributed by atoms with Crippen LogP contribution in [-0.4, -0.2) is 0 Å². The molecule has 3 aliphatic rings. The van der Waals surface area contributed by atoms with E-state index in [2.05, 4.69) is 237 Å². The monoisotopic (exact) mass is 842 g/mol. The largest absolute Gasteiger partial charge is 0.0713 e. The van der Waals surface area contributed by atoms with Crippen LogP contribution in [0, 0.1) is 0 Å². The molecule has 322 valence electrons.